The van der Waals surface area contributed by atoms with Gasteiger partial charge in [-0.3, -0.25) is 0 Å². The van der Waals surface area contributed by atoms with Gasteiger partial charge in [0.1, 0.15) is 0 Å². The van der Waals surface area contributed by atoms with Crippen molar-refractivity contribution in [1.82, 2.24) is 20.2 Å². The van der Waals surface area contributed by atoms with E-state index in [-0.39, 0.29) is 4.90 Å². The Labute approximate surface area is 138 Å². The van der Waals surface area contributed by atoms with Gasteiger partial charge >= 0.3 is 0 Å². The Bertz CT molecular complexity index is 891. The van der Waals surface area contributed by atoms with E-state index in [1.54, 1.807) is 40.7 Å². The van der Waals surface area contributed by atoms with Gasteiger partial charge in [0.25, 0.3) is 0 Å². The van der Waals surface area contributed by atoms with Crippen LogP contribution in [-0.4, -0.2) is 34.9 Å². The van der Waals surface area contributed by atoms with Crippen molar-refractivity contribution in [3.8, 4) is 5.69 Å². The molecule has 0 saturated heterocycles. The first-order valence-corrected chi connectivity index (χ1v) is 9.67. The Balaban J connectivity index is 1.80. The van der Waals surface area contributed by atoms with E-state index in [2.05, 4.69) is 15.5 Å². The molecule has 0 aliphatic carbocycles. The Morgan fingerprint density at radius 2 is 1.74 bits per heavy atom. The van der Waals surface area contributed by atoms with Crippen LogP contribution in [-0.2, 0) is 15.6 Å². The van der Waals surface area contributed by atoms with E-state index >= 15 is 0 Å². The molecule has 0 aliphatic rings. The Kier molecular flexibility index (Phi) is 4.44. The summed E-state index contributed by atoms with van der Waals surface area (Å²) in [5.41, 5.74) is 0.728. The fourth-order valence-electron chi connectivity index (χ4n) is 2.00. The average Bonchev–Trinajstić information content (AvgIpc) is 3.02. The van der Waals surface area contributed by atoms with Crippen LogP contribution in [0.1, 0.15) is 5.82 Å². The van der Waals surface area contributed by atoms with E-state index in [9.17, 15) is 8.42 Å². The van der Waals surface area contributed by atoms with E-state index < -0.39 is 9.84 Å². The van der Waals surface area contributed by atoms with E-state index in [0.717, 1.165) is 10.6 Å². The number of hydrogen-bond donors (Lipinski definition) is 0. The van der Waals surface area contributed by atoms with Crippen molar-refractivity contribution in [2.24, 2.45) is 0 Å². The Morgan fingerprint density at radius 3 is 2.39 bits per heavy atom. The number of hydrogen-bond acceptors (Lipinski definition) is 6. The van der Waals surface area contributed by atoms with Crippen molar-refractivity contribution in [3.05, 3.63) is 60.4 Å². The zero-order valence-corrected chi connectivity index (χ0v) is 14.0. The van der Waals surface area contributed by atoms with Crippen LogP contribution in [0, 0.1) is 0 Å². The summed E-state index contributed by atoms with van der Waals surface area (Å²) in [4.78, 5) is 1.41. The van der Waals surface area contributed by atoms with Crippen LogP contribution in [0.4, 0.5) is 0 Å². The molecule has 0 amide bonds. The Morgan fingerprint density at radius 1 is 1.04 bits per heavy atom. The zero-order valence-electron chi connectivity index (χ0n) is 12.3. The number of nitrogens with zero attached hydrogens (tertiary/aromatic N) is 4. The highest BCUT2D eigenvalue weighted by Crippen LogP contribution is 2.22. The van der Waals surface area contributed by atoms with E-state index in [1.165, 1.54) is 6.26 Å². The van der Waals surface area contributed by atoms with E-state index in [0.29, 0.717) is 11.6 Å². The standard InChI is InChI=1S/C15H14N4O2S2/c1-23(20,21)14-9-7-12(8-10-14)19-15(16-17-18-19)11-22-13-5-3-2-4-6-13/h2-10H,11H2,1H3. The summed E-state index contributed by atoms with van der Waals surface area (Å²) in [6, 6.07) is 16.5. The van der Waals surface area contributed by atoms with Crippen LogP contribution in [0.25, 0.3) is 5.69 Å². The molecule has 0 radical (unpaired) electrons. The second kappa shape index (κ2) is 6.51. The molecule has 23 heavy (non-hydrogen) atoms. The summed E-state index contributed by atoms with van der Waals surface area (Å²) < 4.78 is 24.6. The van der Waals surface area contributed by atoms with Crippen molar-refractivity contribution in [1.29, 1.82) is 0 Å². The maximum absolute atomic E-state index is 11.5. The number of rotatable bonds is 5. The molecule has 0 fully saturated rings. The molecular weight excluding hydrogens is 332 g/mol. The fourth-order valence-corrected chi connectivity index (χ4v) is 3.45. The quantitative estimate of drug-likeness (QED) is 0.660. The molecule has 0 atom stereocenters. The zero-order chi connectivity index (χ0) is 16.3. The number of tetrazole rings is 1. The van der Waals surface area contributed by atoms with E-state index in [4.69, 9.17) is 0 Å². The van der Waals surface area contributed by atoms with Gasteiger partial charge < -0.3 is 0 Å². The molecule has 3 aromatic rings. The summed E-state index contributed by atoms with van der Waals surface area (Å²) in [7, 11) is -3.21. The molecule has 118 valence electrons. The lowest BCUT2D eigenvalue weighted by Crippen LogP contribution is -2.03. The second-order valence-electron chi connectivity index (χ2n) is 4.87. The van der Waals surface area contributed by atoms with Crippen LogP contribution >= 0.6 is 11.8 Å². The SMILES string of the molecule is CS(=O)(=O)c1ccc(-n2nnnc2CSc2ccccc2)cc1. The molecule has 1 aromatic heterocycles. The molecule has 3 rings (SSSR count). The largest absolute Gasteiger partial charge is 0.224 e. The smallest absolute Gasteiger partial charge is 0.175 e. The molecule has 0 bridgehead atoms. The van der Waals surface area contributed by atoms with Gasteiger partial charge in [-0.25, -0.2) is 8.42 Å². The minimum absolute atomic E-state index is 0.273. The molecule has 0 unspecified atom stereocenters. The molecule has 2 aromatic carbocycles. The highest BCUT2D eigenvalue weighted by molar-refractivity contribution is 7.98. The first-order valence-electron chi connectivity index (χ1n) is 6.79. The third kappa shape index (κ3) is 3.77. The fraction of sp³-hybridized carbons (Fsp3) is 0.133. The normalized spacial score (nSPS) is 11.5. The molecule has 1 heterocycles. The lowest BCUT2D eigenvalue weighted by Gasteiger charge is -2.05. The highest BCUT2D eigenvalue weighted by Gasteiger charge is 2.11. The first-order chi connectivity index (χ1) is 11.0. The lowest BCUT2D eigenvalue weighted by atomic mass is 10.3. The molecule has 8 heteroatoms. The highest BCUT2D eigenvalue weighted by atomic mass is 32.2. The maximum atomic E-state index is 11.5. The number of thioether (sulfide) groups is 1. The second-order valence-corrected chi connectivity index (χ2v) is 7.94. The third-order valence-corrected chi connectivity index (χ3v) is 5.29. The average molecular weight is 346 g/mol. The van der Waals surface area contributed by atoms with Crippen molar-refractivity contribution < 1.29 is 8.42 Å². The predicted octanol–water partition coefficient (Wildman–Crippen LogP) is 2.36. The molecule has 0 aliphatic heterocycles. The summed E-state index contributed by atoms with van der Waals surface area (Å²) in [6.45, 7) is 0. The van der Waals surface area contributed by atoms with Gasteiger partial charge in [-0.2, -0.15) is 4.68 Å². The van der Waals surface area contributed by atoms with Crippen molar-refractivity contribution in [3.63, 3.8) is 0 Å². The van der Waals surface area contributed by atoms with Crippen LogP contribution in [0.5, 0.6) is 0 Å². The predicted molar refractivity (Wildman–Crippen MR) is 88.3 cm³/mol. The first kappa shape index (κ1) is 15.7. The van der Waals surface area contributed by atoms with Crippen LogP contribution in [0.2, 0.25) is 0 Å². The maximum Gasteiger partial charge on any atom is 0.175 e. The molecule has 0 spiro atoms. The number of aromatic nitrogens is 4. The van der Waals surface area contributed by atoms with Gasteiger partial charge in [0.2, 0.25) is 0 Å². The summed E-state index contributed by atoms with van der Waals surface area (Å²) in [6.07, 6.45) is 1.18. The van der Waals surface area contributed by atoms with Gasteiger partial charge in [-0.1, -0.05) is 18.2 Å². The van der Waals surface area contributed by atoms with Crippen molar-refractivity contribution in [2.45, 2.75) is 15.5 Å². The van der Waals surface area contributed by atoms with Crippen LogP contribution in [0.3, 0.4) is 0 Å². The minimum atomic E-state index is -3.21. The Hall–Kier alpha value is -2.19. The summed E-state index contributed by atoms with van der Waals surface area (Å²) >= 11 is 1.64. The monoisotopic (exact) mass is 346 g/mol. The lowest BCUT2D eigenvalue weighted by molar-refractivity contribution is 0.602. The molecule has 0 N–H and O–H groups in total. The van der Waals surface area contributed by atoms with Crippen molar-refractivity contribution >= 4 is 21.6 Å². The van der Waals surface area contributed by atoms with E-state index in [1.807, 2.05) is 30.3 Å². The molecule has 6 nitrogen and oxygen atoms in total. The molecular formula is C15H14N4O2S2. The summed E-state index contributed by atoms with van der Waals surface area (Å²) in [5.74, 6) is 1.32. The minimum Gasteiger partial charge on any atom is -0.224 e. The topological polar surface area (TPSA) is 77.7 Å². The van der Waals surface area contributed by atoms with Crippen LogP contribution in [0.15, 0.2) is 64.4 Å². The summed E-state index contributed by atoms with van der Waals surface area (Å²) in [5, 5.41) is 11.7. The van der Waals surface area contributed by atoms with Crippen molar-refractivity contribution in [2.75, 3.05) is 6.26 Å². The number of benzene rings is 2. The van der Waals surface area contributed by atoms with Gasteiger partial charge in [0.15, 0.2) is 15.7 Å². The van der Waals surface area contributed by atoms with Crippen LogP contribution < -0.4 is 0 Å². The number of sulfone groups is 1. The third-order valence-electron chi connectivity index (χ3n) is 3.15. The van der Waals surface area contributed by atoms with Gasteiger partial charge in [0.05, 0.1) is 16.3 Å². The van der Waals surface area contributed by atoms with Gasteiger partial charge in [-0.15, -0.1) is 16.9 Å². The molecule has 0 saturated carbocycles. The van der Waals surface area contributed by atoms with Gasteiger partial charge in [0, 0.05) is 11.2 Å². The van der Waals surface area contributed by atoms with Gasteiger partial charge in [-0.05, 0) is 46.8 Å².